The van der Waals surface area contributed by atoms with Gasteiger partial charge < -0.3 is 5.32 Å². The Hall–Kier alpha value is -1.88. The molecule has 0 aromatic heterocycles. The van der Waals surface area contributed by atoms with Crippen molar-refractivity contribution in [2.24, 2.45) is 0 Å². The summed E-state index contributed by atoms with van der Waals surface area (Å²) in [6, 6.07) is 15.9. The van der Waals surface area contributed by atoms with Crippen LogP contribution in [-0.2, 0) is 11.3 Å². The molecule has 132 valence electrons. The number of amides is 1. The molecular formula is C20H24ClN3O. The van der Waals surface area contributed by atoms with Crippen LogP contribution in [0.4, 0.5) is 5.69 Å². The number of aryl methyl sites for hydroxylation is 1. The van der Waals surface area contributed by atoms with Crippen LogP contribution >= 0.6 is 11.6 Å². The zero-order valence-electron chi connectivity index (χ0n) is 14.5. The fourth-order valence-corrected chi connectivity index (χ4v) is 3.12. The predicted octanol–water partition coefficient (Wildman–Crippen LogP) is 3.40. The van der Waals surface area contributed by atoms with Crippen LogP contribution in [-0.4, -0.2) is 48.4 Å². The highest BCUT2D eigenvalue weighted by atomic mass is 35.5. The van der Waals surface area contributed by atoms with Crippen molar-refractivity contribution in [3.63, 3.8) is 0 Å². The maximum absolute atomic E-state index is 12.2. The number of carbonyl (C=O) groups is 1. The van der Waals surface area contributed by atoms with E-state index in [0.29, 0.717) is 6.54 Å². The van der Waals surface area contributed by atoms with Crippen LogP contribution in [0.15, 0.2) is 48.5 Å². The summed E-state index contributed by atoms with van der Waals surface area (Å²) in [5.41, 5.74) is 3.32. The lowest BCUT2D eigenvalue weighted by atomic mass is 10.2. The molecule has 1 saturated heterocycles. The van der Waals surface area contributed by atoms with E-state index < -0.39 is 0 Å². The fraction of sp³-hybridized carbons (Fsp3) is 0.350. The van der Waals surface area contributed by atoms with Gasteiger partial charge in [0.05, 0.1) is 6.54 Å². The number of rotatable bonds is 5. The second-order valence-electron chi connectivity index (χ2n) is 6.59. The molecule has 0 aliphatic carbocycles. The van der Waals surface area contributed by atoms with Gasteiger partial charge in [-0.25, -0.2) is 0 Å². The number of benzene rings is 2. The highest BCUT2D eigenvalue weighted by Gasteiger charge is 2.19. The van der Waals surface area contributed by atoms with E-state index in [0.717, 1.165) is 43.4 Å². The Morgan fingerprint density at radius 1 is 0.960 bits per heavy atom. The molecule has 3 rings (SSSR count). The van der Waals surface area contributed by atoms with Gasteiger partial charge in [0.15, 0.2) is 0 Å². The van der Waals surface area contributed by atoms with Crippen LogP contribution in [0.3, 0.4) is 0 Å². The van der Waals surface area contributed by atoms with E-state index in [1.54, 1.807) is 0 Å². The van der Waals surface area contributed by atoms with E-state index in [9.17, 15) is 4.79 Å². The summed E-state index contributed by atoms with van der Waals surface area (Å²) in [6.45, 7) is 7.18. The van der Waals surface area contributed by atoms with Crippen molar-refractivity contribution < 1.29 is 4.79 Å². The second kappa shape index (κ2) is 8.48. The number of carbonyl (C=O) groups excluding carboxylic acids is 1. The zero-order valence-corrected chi connectivity index (χ0v) is 15.3. The van der Waals surface area contributed by atoms with Gasteiger partial charge in [-0.2, -0.15) is 0 Å². The number of piperazine rings is 1. The van der Waals surface area contributed by atoms with Crippen molar-refractivity contribution in [2.45, 2.75) is 13.5 Å². The summed E-state index contributed by atoms with van der Waals surface area (Å²) in [5, 5.41) is 3.74. The standard InChI is InChI=1S/C20H24ClN3O/c1-16-2-8-19(9-3-16)22-20(25)15-24-12-10-23(11-13-24)14-17-4-6-18(21)7-5-17/h2-9H,10-15H2,1H3,(H,22,25). The third-order valence-corrected chi connectivity index (χ3v) is 4.74. The summed E-state index contributed by atoms with van der Waals surface area (Å²) in [5.74, 6) is 0.0509. The molecular weight excluding hydrogens is 334 g/mol. The monoisotopic (exact) mass is 357 g/mol. The van der Waals surface area contributed by atoms with Crippen molar-refractivity contribution in [1.82, 2.24) is 9.80 Å². The van der Waals surface area contributed by atoms with Crippen molar-refractivity contribution in [2.75, 3.05) is 38.0 Å². The van der Waals surface area contributed by atoms with Crippen LogP contribution in [0.2, 0.25) is 5.02 Å². The molecule has 2 aromatic rings. The van der Waals surface area contributed by atoms with E-state index in [1.165, 1.54) is 11.1 Å². The summed E-state index contributed by atoms with van der Waals surface area (Å²) in [6.07, 6.45) is 0. The Labute approximate surface area is 154 Å². The molecule has 0 radical (unpaired) electrons. The van der Waals surface area contributed by atoms with Crippen LogP contribution < -0.4 is 5.32 Å². The minimum absolute atomic E-state index is 0.0509. The first kappa shape index (κ1) is 17.9. The highest BCUT2D eigenvalue weighted by molar-refractivity contribution is 6.30. The molecule has 1 N–H and O–H groups in total. The Morgan fingerprint density at radius 3 is 2.20 bits per heavy atom. The average molecular weight is 358 g/mol. The van der Waals surface area contributed by atoms with Gasteiger partial charge in [0.2, 0.25) is 5.91 Å². The highest BCUT2D eigenvalue weighted by Crippen LogP contribution is 2.13. The van der Waals surface area contributed by atoms with Gasteiger partial charge in [-0.15, -0.1) is 0 Å². The lowest BCUT2D eigenvalue weighted by molar-refractivity contribution is -0.117. The first-order valence-corrected chi connectivity index (χ1v) is 9.02. The maximum Gasteiger partial charge on any atom is 0.238 e. The van der Waals surface area contributed by atoms with Crippen LogP contribution in [0, 0.1) is 6.92 Å². The van der Waals surface area contributed by atoms with Gasteiger partial charge in [-0.05, 0) is 36.8 Å². The topological polar surface area (TPSA) is 35.6 Å². The molecule has 1 aliphatic heterocycles. The predicted molar refractivity (Wildman–Crippen MR) is 103 cm³/mol. The third-order valence-electron chi connectivity index (χ3n) is 4.49. The molecule has 0 unspecified atom stereocenters. The van der Waals surface area contributed by atoms with Crippen molar-refractivity contribution in [3.05, 3.63) is 64.7 Å². The quantitative estimate of drug-likeness (QED) is 0.890. The maximum atomic E-state index is 12.2. The smallest absolute Gasteiger partial charge is 0.238 e. The van der Waals surface area contributed by atoms with Crippen molar-refractivity contribution in [3.8, 4) is 0 Å². The largest absolute Gasteiger partial charge is 0.325 e. The van der Waals surface area contributed by atoms with E-state index in [2.05, 4.69) is 27.2 Å². The second-order valence-corrected chi connectivity index (χ2v) is 7.03. The molecule has 2 aromatic carbocycles. The van der Waals surface area contributed by atoms with Gasteiger partial charge in [0.1, 0.15) is 0 Å². The average Bonchev–Trinajstić information content (AvgIpc) is 2.61. The first-order chi connectivity index (χ1) is 12.1. The Balaban J connectivity index is 1.42. The molecule has 1 fully saturated rings. The Bertz CT molecular complexity index is 692. The van der Waals surface area contributed by atoms with Crippen LogP contribution in [0.1, 0.15) is 11.1 Å². The summed E-state index contributed by atoms with van der Waals surface area (Å²) in [7, 11) is 0. The number of nitrogens with one attached hydrogen (secondary N) is 1. The van der Waals surface area contributed by atoms with Gasteiger partial charge in [-0.3, -0.25) is 14.6 Å². The molecule has 0 saturated carbocycles. The molecule has 0 spiro atoms. The fourth-order valence-electron chi connectivity index (χ4n) is 2.99. The van der Waals surface area contributed by atoms with Crippen molar-refractivity contribution >= 4 is 23.2 Å². The molecule has 4 nitrogen and oxygen atoms in total. The van der Waals surface area contributed by atoms with E-state index in [-0.39, 0.29) is 5.91 Å². The van der Waals surface area contributed by atoms with E-state index >= 15 is 0 Å². The summed E-state index contributed by atoms with van der Waals surface area (Å²) < 4.78 is 0. The minimum Gasteiger partial charge on any atom is -0.325 e. The molecule has 1 amide bonds. The third kappa shape index (κ3) is 5.56. The van der Waals surface area contributed by atoms with Gasteiger partial charge >= 0.3 is 0 Å². The number of anilines is 1. The molecule has 1 aliphatic rings. The normalized spacial score (nSPS) is 15.9. The Kier molecular flexibility index (Phi) is 6.08. The van der Waals surface area contributed by atoms with Gasteiger partial charge in [0, 0.05) is 43.4 Å². The molecule has 1 heterocycles. The lowest BCUT2D eigenvalue weighted by Crippen LogP contribution is -2.48. The number of halogens is 1. The summed E-state index contributed by atoms with van der Waals surface area (Å²) in [4.78, 5) is 16.8. The van der Waals surface area contributed by atoms with Crippen LogP contribution in [0.5, 0.6) is 0 Å². The molecule has 5 heteroatoms. The molecule has 0 atom stereocenters. The van der Waals surface area contributed by atoms with E-state index in [4.69, 9.17) is 11.6 Å². The summed E-state index contributed by atoms with van der Waals surface area (Å²) >= 11 is 5.93. The van der Waals surface area contributed by atoms with Gasteiger partial charge in [-0.1, -0.05) is 41.4 Å². The number of nitrogens with zero attached hydrogens (tertiary/aromatic N) is 2. The molecule has 25 heavy (non-hydrogen) atoms. The zero-order chi connectivity index (χ0) is 17.6. The number of hydrogen-bond acceptors (Lipinski definition) is 3. The Morgan fingerprint density at radius 2 is 1.56 bits per heavy atom. The SMILES string of the molecule is Cc1ccc(NC(=O)CN2CCN(Cc3ccc(Cl)cc3)CC2)cc1. The number of hydrogen-bond donors (Lipinski definition) is 1. The minimum atomic E-state index is 0.0509. The molecule has 0 bridgehead atoms. The van der Waals surface area contributed by atoms with Gasteiger partial charge in [0.25, 0.3) is 0 Å². The lowest BCUT2D eigenvalue weighted by Gasteiger charge is -2.34. The van der Waals surface area contributed by atoms with Crippen molar-refractivity contribution in [1.29, 1.82) is 0 Å². The van der Waals surface area contributed by atoms with E-state index in [1.807, 2.05) is 43.3 Å². The van der Waals surface area contributed by atoms with Crippen LogP contribution in [0.25, 0.3) is 0 Å². The first-order valence-electron chi connectivity index (χ1n) is 8.64.